The lowest BCUT2D eigenvalue weighted by Crippen LogP contribution is -2.45. The molecule has 0 bridgehead atoms. The monoisotopic (exact) mass is 251 g/mol. The van der Waals surface area contributed by atoms with Crippen LogP contribution in [0.5, 0.6) is 0 Å². The Balaban J connectivity index is 1.93. The van der Waals surface area contributed by atoms with Crippen molar-refractivity contribution in [3.8, 4) is 0 Å². The highest BCUT2D eigenvalue weighted by molar-refractivity contribution is 7.09. The molecule has 94 valence electrons. The third kappa shape index (κ3) is 2.96. The molecule has 1 unspecified atom stereocenters. The van der Waals surface area contributed by atoms with Crippen LogP contribution in [0.3, 0.4) is 0 Å². The summed E-state index contributed by atoms with van der Waals surface area (Å²) in [5.74, 6) is 0.459. The summed E-state index contributed by atoms with van der Waals surface area (Å²) in [4.78, 5) is 13.7. The quantitative estimate of drug-likeness (QED) is 0.871. The SMILES string of the molecule is CCC1(C(=O)CCc2cccs2)CCCNC1. The number of ketones is 1. The Kier molecular flexibility index (Phi) is 4.35. The zero-order valence-corrected chi connectivity index (χ0v) is 11.3. The van der Waals surface area contributed by atoms with Gasteiger partial charge in [-0.15, -0.1) is 11.3 Å². The van der Waals surface area contributed by atoms with E-state index in [1.165, 1.54) is 4.88 Å². The standard InChI is InChI=1S/C14H21NOS/c1-2-14(8-4-9-15-11-14)13(16)7-6-12-5-3-10-17-12/h3,5,10,15H,2,4,6-9,11H2,1H3. The van der Waals surface area contributed by atoms with E-state index in [-0.39, 0.29) is 5.41 Å². The highest BCUT2D eigenvalue weighted by Crippen LogP contribution is 2.32. The molecule has 0 saturated carbocycles. The number of hydrogen-bond acceptors (Lipinski definition) is 3. The highest BCUT2D eigenvalue weighted by atomic mass is 32.1. The molecule has 1 aliphatic rings. The highest BCUT2D eigenvalue weighted by Gasteiger charge is 2.36. The summed E-state index contributed by atoms with van der Waals surface area (Å²) >= 11 is 1.75. The Labute approximate surface area is 107 Å². The van der Waals surface area contributed by atoms with Crippen LogP contribution in [-0.2, 0) is 11.2 Å². The second-order valence-corrected chi connectivity index (χ2v) is 5.95. The number of rotatable bonds is 5. The normalized spacial score (nSPS) is 24.8. The van der Waals surface area contributed by atoms with Crippen LogP contribution in [0.1, 0.15) is 37.5 Å². The van der Waals surface area contributed by atoms with E-state index in [1.54, 1.807) is 11.3 Å². The number of aryl methyl sites for hydroxylation is 1. The van der Waals surface area contributed by atoms with Crippen LogP contribution >= 0.6 is 11.3 Å². The maximum Gasteiger partial charge on any atom is 0.140 e. The number of thiophene rings is 1. The number of carbonyl (C=O) groups is 1. The second kappa shape index (κ2) is 5.78. The van der Waals surface area contributed by atoms with E-state index in [2.05, 4.69) is 29.8 Å². The predicted molar refractivity (Wildman–Crippen MR) is 72.5 cm³/mol. The molecule has 1 saturated heterocycles. The summed E-state index contributed by atoms with van der Waals surface area (Å²) < 4.78 is 0. The van der Waals surface area contributed by atoms with Crippen molar-refractivity contribution in [3.63, 3.8) is 0 Å². The van der Waals surface area contributed by atoms with Crippen molar-refractivity contribution in [1.29, 1.82) is 0 Å². The first kappa shape index (κ1) is 12.8. The van der Waals surface area contributed by atoms with Crippen molar-refractivity contribution in [1.82, 2.24) is 5.32 Å². The van der Waals surface area contributed by atoms with Gasteiger partial charge in [-0.1, -0.05) is 13.0 Å². The molecule has 0 aliphatic carbocycles. The molecule has 1 aromatic rings. The van der Waals surface area contributed by atoms with Gasteiger partial charge in [-0.05, 0) is 43.7 Å². The average molecular weight is 251 g/mol. The number of piperidine rings is 1. The lowest BCUT2D eigenvalue weighted by molar-refractivity contribution is -0.130. The maximum atomic E-state index is 12.4. The molecule has 2 heterocycles. The number of carbonyl (C=O) groups excluding carboxylic acids is 1. The van der Waals surface area contributed by atoms with Crippen molar-refractivity contribution >= 4 is 17.1 Å². The largest absolute Gasteiger partial charge is 0.316 e. The molecule has 1 fully saturated rings. The van der Waals surface area contributed by atoms with E-state index >= 15 is 0 Å². The topological polar surface area (TPSA) is 29.1 Å². The van der Waals surface area contributed by atoms with Gasteiger partial charge in [0, 0.05) is 23.3 Å². The van der Waals surface area contributed by atoms with Crippen molar-refractivity contribution < 1.29 is 4.79 Å². The van der Waals surface area contributed by atoms with E-state index < -0.39 is 0 Å². The first-order valence-corrected chi connectivity index (χ1v) is 7.41. The Morgan fingerprint density at radius 1 is 1.59 bits per heavy atom. The van der Waals surface area contributed by atoms with Gasteiger partial charge in [0.15, 0.2) is 0 Å². The van der Waals surface area contributed by atoms with E-state index in [0.29, 0.717) is 12.2 Å². The molecular formula is C14H21NOS. The Morgan fingerprint density at radius 3 is 3.06 bits per heavy atom. The van der Waals surface area contributed by atoms with E-state index in [9.17, 15) is 4.79 Å². The number of hydrogen-bond donors (Lipinski definition) is 1. The summed E-state index contributed by atoms with van der Waals surface area (Å²) in [6.45, 7) is 4.10. The van der Waals surface area contributed by atoms with Gasteiger partial charge in [0.2, 0.25) is 0 Å². The van der Waals surface area contributed by atoms with E-state index in [4.69, 9.17) is 0 Å². The zero-order valence-electron chi connectivity index (χ0n) is 10.5. The van der Waals surface area contributed by atoms with Crippen molar-refractivity contribution in [3.05, 3.63) is 22.4 Å². The van der Waals surface area contributed by atoms with Gasteiger partial charge in [-0.3, -0.25) is 4.79 Å². The van der Waals surface area contributed by atoms with Gasteiger partial charge in [0.05, 0.1) is 0 Å². The van der Waals surface area contributed by atoms with Crippen LogP contribution in [0.15, 0.2) is 17.5 Å². The first-order chi connectivity index (χ1) is 8.27. The molecule has 1 aliphatic heterocycles. The zero-order chi connectivity index (χ0) is 12.1. The average Bonchev–Trinajstić information content (AvgIpc) is 2.90. The minimum absolute atomic E-state index is 0.0739. The molecule has 17 heavy (non-hydrogen) atoms. The van der Waals surface area contributed by atoms with Gasteiger partial charge in [-0.25, -0.2) is 0 Å². The third-order valence-corrected chi connectivity index (χ3v) is 4.86. The minimum atomic E-state index is -0.0739. The Morgan fingerprint density at radius 2 is 2.47 bits per heavy atom. The Bertz CT molecular complexity index is 352. The molecule has 2 nitrogen and oxygen atoms in total. The lowest BCUT2D eigenvalue weighted by atomic mass is 9.73. The van der Waals surface area contributed by atoms with Crippen LogP contribution < -0.4 is 5.32 Å². The van der Waals surface area contributed by atoms with Gasteiger partial charge in [0.1, 0.15) is 5.78 Å². The van der Waals surface area contributed by atoms with Gasteiger partial charge >= 0.3 is 0 Å². The maximum absolute atomic E-state index is 12.4. The molecule has 3 heteroatoms. The predicted octanol–water partition coefficient (Wildman–Crippen LogP) is 3.03. The van der Waals surface area contributed by atoms with Crippen LogP contribution in [0, 0.1) is 5.41 Å². The third-order valence-electron chi connectivity index (χ3n) is 3.92. The summed E-state index contributed by atoms with van der Waals surface area (Å²) in [5, 5.41) is 5.46. The van der Waals surface area contributed by atoms with Gasteiger partial charge < -0.3 is 5.32 Å². The second-order valence-electron chi connectivity index (χ2n) is 4.92. The molecule has 0 amide bonds. The molecule has 1 N–H and O–H groups in total. The molecule has 0 aromatic carbocycles. The van der Waals surface area contributed by atoms with Crippen LogP contribution in [0.4, 0.5) is 0 Å². The molecule has 1 aromatic heterocycles. The van der Waals surface area contributed by atoms with Gasteiger partial charge in [0.25, 0.3) is 0 Å². The first-order valence-electron chi connectivity index (χ1n) is 6.53. The summed E-state index contributed by atoms with van der Waals surface area (Å²) in [7, 11) is 0. The minimum Gasteiger partial charge on any atom is -0.316 e. The van der Waals surface area contributed by atoms with Crippen LogP contribution in [-0.4, -0.2) is 18.9 Å². The fraction of sp³-hybridized carbons (Fsp3) is 0.643. The summed E-state index contributed by atoms with van der Waals surface area (Å²) in [6, 6.07) is 4.18. The van der Waals surface area contributed by atoms with Crippen LogP contribution in [0.25, 0.3) is 0 Å². The summed E-state index contributed by atoms with van der Waals surface area (Å²) in [5.41, 5.74) is -0.0739. The molecule has 0 spiro atoms. The summed E-state index contributed by atoms with van der Waals surface area (Å²) in [6.07, 6.45) is 4.80. The molecule has 0 radical (unpaired) electrons. The smallest absolute Gasteiger partial charge is 0.140 e. The number of nitrogens with one attached hydrogen (secondary N) is 1. The fourth-order valence-corrected chi connectivity index (χ4v) is 3.37. The van der Waals surface area contributed by atoms with Gasteiger partial charge in [-0.2, -0.15) is 0 Å². The molecular weight excluding hydrogens is 230 g/mol. The lowest BCUT2D eigenvalue weighted by Gasteiger charge is -2.35. The van der Waals surface area contributed by atoms with Crippen molar-refractivity contribution in [2.24, 2.45) is 5.41 Å². The van der Waals surface area contributed by atoms with E-state index in [1.807, 2.05) is 0 Å². The fourth-order valence-electron chi connectivity index (χ4n) is 2.66. The van der Waals surface area contributed by atoms with Crippen molar-refractivity contribution in [2.45, 2.75) is 39.0 Å². The molecule has 2 rings (SSSR count). The molecule has 1 atom stereocenters. The van der Waals surface area contributed by atoms with Crippen LogP contribution in [0.2, 0.25) is 0 Å². The van der Waals surface area contributed by atoms with Crippen molar-refractivity contribution in [2.75, 3.05) is 13.1 Å². The number of Topliss-reactive ketones (excluding diaryl/α,β-unsaturated/α-hetero) is 1. The Hall–Kier alpha value is -0.670. The van der Waals surface area contributed by atoms with E-state index in [0.717, 1.165) is 38.8 Å².